The smallest absolute Gasteiger partial charge is 0.363 e. The van der Waals surface area contributed by atoms with E-state index in [4.69, 9.17) is 37.4 Å². The van der Waals surface area contributed by atoms with Crippen LogP contribution in [0.15, 0.2) is 45.5 Å². The Labute approximate surface area is 174 Å². The second-order valence-electron chi connectivity index (χ2n) is 5.43. The molecular weight excluding hydrogens is 457 g/mol. The zero-order valence-electron chi connectivity index (χ0n) is 14.4. The number of nitrogens with zero attached hydrogens (tertiary/aromatic N) is 1. The number of cyclic esters (lactones) is 1. The lowest BCUT2D eigenvalue weighted by Gasteiger charge is -2.12. The number of benzene rings is 2. The van der Waals surface area contributed by atoms with Gasteiger partial charge in [0.1, 0.15) is 0 Å². The van der Waals surface area contributed by atoms with Gasteiger partial charge in [0.15, 0.2) is 17.2 Å². The third-order valence-electron chi connectivity index (χ3n) is 3.63. The summed E-state index contributed by atoms with van der Waals surface area (Å²) in [6.07, 6.45) is 1.61. The number of halogens is 3. The predicted molar refractivity (Wildman–Crippen MR) is 109 cm³/mol. The van der Waals surface area contributed by atoms with Crippen LogP contribution in [0.4, 0.5) is 0 Å². The summed E-state index contributed by atoms with van der Waals surface area (Å²) >= 11 is 15.4. The minimum absolute atomic E-state index is 0.161. The van der Waals surface area contributed by atoms with Crippen molar-refractivity contribution < 1.29 is 19.0 Å². The molecule has 0 fully saturated rings. The summed E-state index contributed by atoms with van der Waals surface area (Å²) in [5.74, 6) is 0.746. The van der Waals surface area contributed by atoms with E-state index in [0.29, 0.717) is 43.8 Å². The molecule has 27 heavy (non-hydrogen) atoms. The number of rotatable bonds is 5. The zero-order chi connectivity index (χ0) is 19.6. The predicted octanol–water partition coefficient (Wildman–Crippen LogP) is 5.51. The fraction of sp³-hybridized carbons (Fsp3) is 0.158. The molecule has 8 heteroatoms. The Morgan fingerprint density at radius 1 is 1.22 bits per heavy atom. The first-order chi connectivity index (χ1) is 12.9. The molecule has 0 unspecified atom stereocenters. The fourth-order valence-electron chi connectivity index (χ4n) is 2.43. The van der Waals surface area contributed by atoms with E-state index in [-0.39, 0.29) is 11.6 Å². The number of carbonyl (C=O) groups is 1. The highest BCUT2D eigenvalue weighted by Crippen LogP contribution is 2.37. The molecule has 0 aromatic heterocycles. The van der Waals surface area contributed by atoms with Gasteiger partial charge in [0.2, 0.25) is 5.90 Å². The van der Waals surface area contributed by atoms with Gasteiger partial charge in [-0.2, -0.15) is 0 Å². The number of aliphatic imine (C=N–C) groups is 1. The Balaban J connectivity index is 1.97. The molecule has 140 valence electrons. The average molecular weight is 471 g/mol. The van der Waals surface area contributed by atoms with Crippen molar-refractivity contribution in [3.63, 3.8) is 0 Å². The highest BCUT2D eigenvalue weighted by Gasteiger charge is 2.25. The second kappa shape index (κ2) is 8.33. The van der Waals surface area contributed by atoms with Gasteiger partial charge in [0.05, 0.1) is 28.2 Å². The van der Waals surface area contributed by atoms with E-state index in [1.165, 1.54) is 0 Å². The molecule has 1 aliphatic rings. The van der Waals surface area contributed by atoms with E-state index in [1.54, 1.807) is 43.5 Å². The van der Waals surface area contributed by atoms with Crippen LogP contribution >= 0.6 is 39.1 Å². The van der Waals surface area contributed by atoms with Gasteiger partial charge in [-0.3, -0.25) is 0 Å². The lowest BCUT2D eigenvalue weighted by atomic mass is 10.1. The van der Waals surface area contributed by atoms with Crippen molar-refractivity contribution in [1.82, 2.24) is 0 Å². The number of hydrogen-bond acceptors (Lipinski definition) is 5. The molecule has 5 nitrogen and oxygen atoms in total. The minimum atomic E-state index is -0.556. The van der Waals surface area contributed by atoms with Gasteiger partial charge in [-0.05, 0) is 64.8 Å². The Morgan fingerprint density at radius 2 is 2.00 bits per heavy atom. The molecule has 0 spiro atoms. The normalized spacial score (nSPS) is 14.9. The van der Waals surface area contributed by atoms with Crippen LogP contribution in [-0.4, -0.2) is 25.6 Å². The molecule has 1 aliphatic heterocycles. The molecule has 2 aromatic carbocycles. The summed E-state index contributed by atoms with van der Waals surface area (Å²) in [6, 6.07) is 8.45. The summed E-state index contributed by atoms with van der Waals surface area (Å²) in [5, 5.41) is 0.762. The van der Waals surface area contributed by atoms with Gasteiger partial charge in [-0.25, -0.2) is 9.79 Å². The Hall–Kier alpha value is -2.02. The topological polar surface area (TPSA) is 57.1 Å². The van der Waals surface area contributed by atoms with E-state index in [2.05, 4.69) is 20.9 Å². The zero-order valence-corrected chi connectivity index (χ0v) is 17.5. The standard InChI is InChI=1S/C19H14BrCl2NO4/c1-3-26-17-12(20)6-10(8-16(17)25-2)7-15-19(24)27-18(23-15)11-4-5-13(21)14(22)9-11/h4-9H,3H2,1-2H3/b15-7-. The van der Waals surface area contributed by atoms with E-state index >= 15 is 0 Å². The van der Waals surface area contributed by atoms with E-state index in [0.717, 1.165) is 0 Å². The summed E-state index contributed by atoms with van der Waals surface area (Å²) in [4.78, 5) is 16.5. The summed E-state index contributed by atoms with van der Waals surface area (Å²) in [7, 11) is 1.55. The van der Waals surface area contributed by atoms with Crippen LogP contribution in [0.25, 0.3) is 6.08 Å². The van der Waals surface area contributed by atoms with Crippen LogP contribution in [-0.2, 0) is 9.53 Å². The maximum absolute atomic E-state index is 12.2. The maximum atomic E-state index is 12.2. The molecule has 2 aromatic rings. The minimum Gasteiger partial charge on any atom is -0.493 e. The van der Waals surface area contributed by atoms with Gasteiger partial charge < -0.3 is 14.2 Å². The van der Waals surface area contributed by atoms with Gasteiger partial charge in [0.25, 0.3) is 0 Å². The third-order valence-corrected chi connectivity index (χ3v) is 4.96. The first-order valence-electron chi connectivity index (χ1n) is 7.91. The van der Waals surface area contributed by atoms with Crippen molar-refractivity contribution in [3.8, 4) is 11.5 Å². The van der Waals surface area contributed by atoms with Crippen LogP contribution in [0.5, 0.6) is 11.5 Å². The first kappa shape index (κ1) is 19.7. The van der Waals surface area contributed by atoms with E-state index < -0.39 is 5.97 Å². The third kappa shape index (κ3) is 4.29. The van der Waals surface area contributed by atoms with Gasteiger partial charge in [-0.15, -0.1) is 0 Å². The van der Waals surface area contributed by atoms with Gasteiger partial charge >= 0.3 is 5.97 Å². The summed E-state index contributed by atoms with van der Waals surface area (Å²) in [5.41, 5.74) is 1.43. The van der Waals surface area contributed by atoms with Crippen molar-refractivity contribution in [2.45, 2.75) is 6.92 Å². The molecule has 0 atom stereocenters. The van der Waals surface area contributed by atoms with E-state index in [9.17, 15) is 4.79 Å². The van der Waals surface area contributed by atoms with Gasteiger partial charge in [-0.1, -0.05) is 23.2 Å². The molecule has 0 bridgehead atoms. The number of hydrogen-bond donors (Lipinski definition) is 0. The van der Waals surface area contributed by atoms with Crippen LogP contribution in [0.3, 0.4) is 0 Å². The van der Waals surface area contributed by atoms with Crippen molar-refractivity contribution in [3.05, 3.63) is 61.7 Å². The molecule has 1 heterocycles. The molecule has 0 saturated carbocycles. The number of esters is 1. The van der Waals surface area contributed by atoms with Crippen LogP contribution in [0.1, 0.15) is 18.1 Å². The summed E-state index contributed by atoms with van der Waals surface area (Å²) in [6.45, 7) is 2.38. The number of carbonyl (C=O) groups excluding carboxylic acids is 1. The molecule has 0 amide bonds. The molecule has 0 saturated heterocycles. The molecular formula is C19H14BrCl2NO4. The van der Waals surface area contributed by atoms with Crippen molar-refractivity contribution >= 4 is 57.1 Å². The lowest BCUT2D eigenvalue weighted by Crippen LogP contribution is -2.05. The number of ether oxygens (including phenoxy) is 3. The number of methoxy groups -OCH3 is 1. The lowest BCUT2D eigenvalue weighted by molar-refractivity contribution is -0.129. The second-order valence-corrected chi connectivity index (χ2v) is 7.10. The molecule has 0 aliphatic carbocycles. The van der Waals surface area contributed by atoms with Crippen molar-refractivity contribution in [2.75, 3.05) is 13.7 Å². The van der Waals surface area contributed by atoms with Crippen LogP contribution in [0, 0.1) is 0 Å². The van der Waals surface area contributed by atoms with Crippen LogP contribution < -0.4 is 9.47 Å². The highest BCUT2D eigenvalue weighted by molar-refractivity contribution is 9.10. The summed E-state index contributed by atoms with van der Waals surface area (Å²) < 4.78 is 16.9. The van der Waals surface area contributed by atoms with Crippen molar-refractivity contribution in [2.24, 2.45) is 4.99 Å². The van der Waals surface area contributed by atoms with Crippen LogP contribution in [0.2, 0.25) is 10.0 Å². The Kier molecular flexibility index (Phi) is 6.09. The highest BCUT2D eigenvalue weighted by atomic mass is 79.9. The molecule has 0 radical (unpaired) electrons. The first-order valence-corrected chi connectivity index (χ1v) is 9.46. The molecule has 0 N–H and O–H groups in total. The SMILES string of the molecule is CCOc1c(Br)cc(/C=C2\N=C(c3ccc(Cl)c(Cl)c3)OC2=O)cc1OC. The van der Waals surface area contributed by atoms with Crippen molar-refractivity contribution in [1.29, 1.82) is 0 Å². The Bertz CT molecular complexity index is 972. The van der Waals surface area contributed by atoms with E-state index in [1.807, 2.05) is 6.92 Å². The largest absolute Gasteiger partial charge is 0.493 e. The average Bonchev–Trinajstić information content (AvgIpc) is 3.00. The molecule has 3 rings (SSSR count). The fourth-order valence-corrected chi connectivity index (χ4v) is 3.30. The quantitative estimate of drug-likeness (QED) is 0.427. The van der Waals surface area contributed by atoms with Gasteiger partial charge in [0, 0.05) is 5.56 Å². The maximum Gasteiger partial charge on any atom is 0.363 e. The monoisotopic (exact) mass is 469 g/mol. The Morgan fingerprint density at radius 3 is 2.67 bits per heavy atom.